The van der Waals surface area contributed by atoms with Crippen LogP contribution in [0.1, 0.15) is 64.2 Å². The van der Waals surface area contributed by atoms with Crippen LogP contribution in [0.25, 0.3) is 0 Å². The van der Waals surface area contributed by atoms with Gasteiger partial charge < -0.3 is 47.5 Å². The SMILES string of the molecule is CN=CCCCCCCNC12CNCCNCC(NCCCCCCC#N)(CNCCNC1)CNCCNC2. The van der Waals surface area contributed by atoms with Gasteiger partial charge in [-0.1, -0.05) is 25.7 Å². The van der Waals surface area contributed by atoms with Crippen molar-refractivity contribution in [3.05, 3.63) is 0 Å². The summed E-state index contributed by atoms with van der Waals surface area (Å²) in [6, 6.07) is 2.25. The van der Waals surface area contributed by atoms with E-state index in [1.165, 1.54) is 32.1 Å². The van der Waals surface area contributed by atoms with Crippen molar-refractivity contribution in [2.45, 2.75) is 75.3 Å². The van der Waals surface area contributed by atoms with Gasteiger partial charge in [0.25, 0.3) is 0 Å². The third kappa shape index (κ3) is 16.0. The molecule has 0 aromatic heterocycles. The average Bonchev–Trinajstić information content (AvgIpc) is 2.94. The first-order valence-electron chi connectivity index (χ1n) is 15.8. The Hall–Kier alpha value is -1.16. The van der Waals surface area contributed by atoms with Crippen LogP contribution in [0.4, 0.5) is 0 Å². The van der Waals surface area contributed by atoms with E-state index in [2.05, 4.69) is 53.6 Å². The molecular formula is C29H60N10. The summed E-state index contributed by atoms with van der Waals surface area (Å²) in [7, 11) is 1.86. The van der Waals surface area contributed by atoms with Crippen LogP contribution in [-0.2, 0) is 0 Å². The minimum Gasteiger partial charge on any atom is -0.314 e. The maximum atomic E-state index is 8.75. The van der Waals surface area contributed by atoms with Gasteiger partial charge >= 0.3 is 0 Å². The first kappa shape index (κ1) is 34.0. The Bertz CT molecular complexity index is 607. The number of nitrogens with one attached hydrogen (secondary N) is 8. The molecule has 3 aliphatic heterocycles. The van der Waals surface area contributed by atoms with Gasteiger partial charge in [-0.25, -0.2) is 0 Å². The third-order valence-electron chi connectivity index (χ3n) is 7.87. The average molecular weight is 549 g/mol. The second-order valence-electron chi connectivity index (χ2n) is 11.4. The summed E-state index contributed by atoms with van der Waals surface area (Å²) >= 11 is 0. The topological polar surface area (TPSA) is 132 Å². The van der Waals surface area contributed by atoms with E-state index in [0.29, 0.717) is 6.42 Å². The van der Waals surface area contributed by atoms with Gasteiger partial charge in [-0.15, -0.1) is 0 Å². The number of hydrogen-bond donors (Lipinski definition) is 8. The number of aliphatic imine (C=N–C) groups is 1. The Kier molecular flexibility index (Phi) is 19.7. The molecule has 3 heterocycles. The van der Waals surface area contributed by atoms with Gasteiger partial charge in [0.2, 0.25) is 0 Å². The van der Waals surface area contributed by atoms with Gasteiger partial charge in [0, 0.05) is 92.0 Å². The normalized spacial score (nSPS) is 26.3. The smallest absolute Gasteiger partial charge is 0.0621 e. The molecule has 10 heteroatoms. The monoisotopic (exact) mass is 549 g/mol. The van der Waals surface area contributed by atoms with E-state index in [0.717, 1.165) is 117 Å². The highest BCUT2D eigenvalue weighted by Gasteiger charge is 2.31. The molecule has 3 rings (SSSR count). The van der Waals surface area contributed by atoms with Crippen molar-refractivity contribution in [1.82, 2.24) is 42.5 Å². The van der Waals surface area contributed by atoms with E-state index in [4.69, 9.17) is 5.26 Å². The zero-order valence-electron chi connectivity index (χ0n) is 24.9. The van der Waals surface area contributed by atoms with Gasteiger partial charge in [-0.3, -0.25) is 0 Å². The molecule has 10 nitrogen and oxygen atoms in total. The molecule has 226 valence electrons. The highest BCUT2D eigenvalue weighted by molar-refractivity contribution is 5.56. The van der Waals surface area contributed by atoms with Crippen molar-refractivity contribution in [1.29, 1.82) is 5.26 Å². The molecule has 3 aliphatic rings. The maximum absolute atomic E-state index is 8.75. The standard InChI is InChI=1S/C29H60N10/c1-31-13-9-5-3-7-11-15-39-29-25-35-19-16-32-22-28(23-33-17-20-36-26-29,24-34-18-21-37-27-29)38-14-10-6-2-4-8-12-30/h13,32-39H,2-11,14-27H2,1H3. The Labute approximate surface area is 239 Å². The van der Waals surface area contributed by atoms with Crippen LogP contribution in [-0.4, -0.2) is 116 Å². The van der Waals surface area contributed by atoms with Crippen molar-refractivity contribution in [2.24, 2.45) is 4.99 Å². The third-order valence-corrected chi connectivity index (χ3v) is 7.87. The van der Waals surface area contributed by atoms with E-state index in [1.807, 2.05) is 13.3 Å². The van der Waals surface area contributed by atoms with Crippen LogP contribution in [0.15, 0.2) is 4.99 Å². The van der Waals surface area contributed by atoms with Crippen LogP contribution in [0, 0.1) is 11.3 Å². The fraction of sp³-hybridized carbons (Fsp3) is 0.931. The lowest BCUT2D eigenvalue weighted by atomic mass is 9.96. The summed E-state index contributed by atoms with van der Waals surface area (Å²) in [5.74, 6) is 0. The zero-order valence-corrected chi connectivity index (χ0v) is 24.9. The molecule has 0 aliphatic carbocycles. The second kappa shape index (κ2) is 22.5. The number of nitriles is 1. The molecular weight excluding hydrogens is 488 g/mol. The van der Waals surface area contributed by atoms with Gasteiger partial charge in [-0.2, -0.15) is 5.26 Å². The lowest BCUT2D eigenvalue weighted by molar-refractivity contribution is 0.253. The van der Waals surface area contributed by atoms with E-state index in [9.17, 15) is 0 Å². The predicted molar refractivity (Wildman–Crippen MR) is 165 cm³/mol. The molecule has 0 radical (unpaired) electrons. The molecule has 0 atom stereocenters. The highest BCUT2D eigenvalue weighted by atomic mass is 15.2. The van der Waals surface area contributed by atoms with E-state index in [1.54, 1.807) is 0 Å². The van der Waals surface area contributed by atoms with Crippen molar-refractivity contribution >= 4 is 6.21 Å². The minimum atomic E-state index is -0.0322. The first-order valence-corrected chi connectivity index (χ1v) is 15.8. The quantitative estimate of drug-likeness (QED) is 0.108. The molecule has 0 spiro atoms. The number of hydrogen-bond acceptors (Lipinski definition) is 10. The molecule has 2 bridgehead atoms. The number of fused-ring (bicyclic) bond motifs is 15. The molecule has 0 amide bonds. The lowest BCUT2D eigenvalue weighted by Gasteiger charge is -2.39. The van der Waals surface area contributed by atoms with Crippen molar-refractivity contribution < 1.29 is 0 Å². The molecule has 0 saturated carbocycles. The number of unbranched alkanes of at least 4 members (excludes halogenated alkanes) is 8. The Balaban J connectivity index is 1.91. The summed E-state index contributed by atoms with van der Waals surface area (Å²) in [5, 5.41) is 39.2. The summed E-state index contributed by atoms with van der Waals surface area (Å²) in [5.41, 5.74) is -0.0444. The van der Waals surface area contributed by atoms with Gasteiger partial charge in [0.1, 0.15) is 0 Å². The highest BCUT2D eigenvalue weighted by Crippen LogP contribution is 2.08. The Morgan fingerprint density at radius 3 is 1.38 bits per heavy atom. The van der Waals surface area contributed by atoms with Crippen molar-refractivity contribution in [3.8, 4) is 6.07 Å². The van der Waals surface area contributed by atoms with Crippen molar-refractivity contribution in [2.75, 3.05) is 98.7 Å². The van der Waals surface area contributed by atoms with Gasteiger partial charge in [0.05, 0.1) is 17.1 Å². The predicted octanol–water partition coefficient (Wildman–Crippen LogP) is 0.333. The zero-order chi connectivity index (χ0) is 27.7. The van der Waals surface area contributed by atoms with Gasteiger partial charge in [-0.05, 0) is 51.4 Å². The number of rotatable bonds is 15. The van der Waals surface area contributed by atoms with Crippen LogP contribution in [0.2, 0.25) is 0 Å². The molecule has 0 aromatic carbocycles. The van der Waals surface area contributed by atoms with Crippen LogP contribution >= 0.6 is 0 Å². The summed E-state index contributed by atoms with van der Waals surface area (Å²) in [6.45, 7) is 13.4. The summed E-state index contributed by atoms with van der Waals surface area (Å²) in [4.78, 5) is 4.09. The van der Waals surface area contributed by atoms with Crippen LogP contribution in [0.5, 0.6) is 0 Å². The molecule has 3 saturated heterocycles. The van der Waals surface area contributed by atoms with Crippen LogP contribution < -0.4 is 42.5 Å². The van der Waals surface area contributed by atoms with E-state index < -0.39 is 0 Å². The van der Waals surface area contributed by atoms with E-state index in [-0.39, 0.29) is 11.1 Å². The minimum absolute atomic E-state index is 0.0122. The molecule has 0 aromatic rings. The number of nitrogens with zero attached hydrogens (tertiary/aromatic N) is 2. The molecule has 39 heavy (non-hydrogen) atoms. The molecule has 8 N–H and O–H groups in total. The molecule has 0 unspecified atom stereocenters. The Morgan fingerprint density at radius 2 is 1.00 bits per heavy atom. The maximum Gasteiger partial charge on any atom is 0.0621 e. The van der Waals surface area contributed by atoms with Gasteiger partial charge in [0.15, 0.2) is 0 Å². The van der Waals surface area contributed by atoms with E-state index >= 15 is 0 Å². The summed E-state index contributed by atoms with van der Waals surface area (Å²) in [6.07, 6.45) is 13.3. The summed E-state index contributed by atoms with van der Waals surface area (Å²) < 4.78 is 0. The van der Waals surface area contributed by atoms with Crippen LogP contribution in [0.3, 0.4) is 0 Å². The Morgan fingerprint density at radius 1 is 0.615 bits per heavy atom. The largest absolute Gasteiger partial charge is 0.314 e. The molecule has 3 fully saturated rings. The fourth-order valence-electron chi connectivity index (χ4n) is 5.48. The lowest BCUT2D eigenvalue weighted by Crippen LogP contribution is -2.67. The fourth-order valence-corrected chi connectivity index (χ4v) is 5.48. The first-order chi connectivity index (χ1) is 19.2. The second-order valence-corrected chi connectivity index (χ2v) is 11.4. The van der Waals surface area contributed by atoms with Crippen molar-refractivity contribution in [3.63, 3.8) is 0 Å².